The molecule has 1 aromatic carbocycles. The molecule has 0 unspecified atom stereocenters. The van der Waals surface area contributed by atoms with Gasteiger partial charge in [-0.3, -0.25) is 4.79 Å². The number of ketones is 1. The summed E-state index contributed by atoms with van der Waals surface area (Å²) in [5.41, 5.74) is 0.575. The third-order valence-corrected chi connectivity index (χ3v) is 3.46. The summed E-state index contributed by atoms with van der Waals surface area (Å²) < 4.78 is 10.3. The van der Waals surface area contributed by atoms with Gasteiger partial charge in [-0.2, -0.15) is 0 Å². The van der Waals surface area contributed by atoms with Gasteiger partial charge in [0, 0.05) is 18.0 Å². The number of hydrogen-bond donors (Lipinski definition) is 0. The third kappa shape index (κ3) is 3.48. The van der Waals surface area contributed by atoms with Crippen molar-refractivity contribution in [1.82, 2.24) is 9.97 Å². The molecule has 0 bridgehead atoms. The molecule has 2 aromatic rings. The molecule has 0 aliphatic rings. The van der Waals surface area contributed by atoms with Crippen molar-refractivity contribution in [2.45, 2.75) is 5.16 Å². The van der Waals surface area contributed by atoms with E-state index in [1.807, 2.05) is 0 Å². The van der Waals surface area contributed by atoms with Crippen LogP contribution in [0.2, 0.25) is 0 Å². The first-order valence-electron chi connectivity index (χ1n) is 5.89. The van der Waals surface area contributed by atoms with E-state index in [0.29, 0.717) is 22.2 Å². The Labute approximate surface area is 121 Å². The number of carbonyl (C=O) groups is 1. The molecule has 0 spiro atoms. The lowest BCUT2D eigenvalue weighted by Gasteiger charge is -2.08. The zero-order valence-corrected chi connectivity index (χ0v) is 12.0. The summed E-state index contributed by atoms with van der Waals surface area (Å²) in [6, 6.07) is 6.85. The summed E-state index contributed by atoms with van der Waals surface area (Å²) in [6.45, 7) is 0. The van der Waals surface area contributed by atoms with E-state index in [2.05, 4.69) is 9.97 Å². The standard InChI is InChI=1S/C14H14N2O3S/c1-18-12-5-4-10(8-13(12)19-2)11(17)9-20-14-15-6-3-7-16-14/h3-8H,9H2,1-2H3. The van der Waals surface area contributed by atoms with Crippen molar-refractivity contribution in [3.05, 3.63) is 42.2 Å². The largest absolute Gasteiger partial charge is 0.493 e. The molecule has 2 rings (SSSR count). The van der Waals surface area contributed by atoms with E-state index in [0.717, 1.165) is 0 Å². The SMILES string of the molecule is COc1ccc(C(=O)CSc2ncccn2)cc1OC. The first-order chi connectivity index (χ1) is 9.74. The fourth-order valence-electron chi connectivity index (χ4n) is 1.58. The number of aromatic nitrogens is 2. The van der Waals surface area contributed by atoms with Crippen LogP contribution < -0.4 is 9.47 Å². The summed E-state index contributed by atoms with van der Waals surface area (Å²) in [5.74, 6) is 1.41. The Bertz CT molecular complexity index is 590. The van der Waals surface area contributed by atoms with E-state index < -0.39 is 0 Å². The molecule has 0 amide bonds. The number of nitrogens with zero attached hydrogens (tertiary/aromatic N) is 2. The first kappa shape index (κ1) is 14.3. The number of Topliss-reactive ketones (excluding diaryl/α,β-unsaturated/α-hetero) is 1. The lowest BCUT2D eigenvalue weighted by Crippen LogP contribution is -2.04. The third-order valence-electron chi connectivity index (χ3n) is 2.58. The van der Waals surface area contributed by atoms with Gasteiger partial charge in [-0.15, -0.1) is 0 Å². The van der Waals surface area contributed by atoms with Crippen molar-refractivity contribution >= 4 is 17.5 Å². The van der Waals surface area contributed by atoms with Crippen molar-refractivity contribution in [2.24, 2.45) is 0 Å². The van der Waals surface area contributed by atoms with Crippen LogP contribution in [0.1, 0.15) is 10.4 Å². The van der Waals surface area contributed by atoms with Crippen molar-refractivity contribution in [2.75, 3.05) is 20.0 Å². The van der Waals surface area contributed by atoms with Gasteiger partial charge in [-0.25, -0.2) is 9.97 Å². The molecule has 0 N–H and O–H groups in total. The predicted molar refractivity (Wildman–Crippen MR) is 76.6 cm³/mol. The number of ether oxygens (including phenoxy) is 2. The van der Waals surface area contributed by atoms with Crippen LogP contribution in [0.5, 0.6) is 11.5 Å². The number of rotatable bonds is 6. The molecule has 20 heavy (non-hydrogen) atoms. The van der Waals surface area contributed by atoms with Gasteiger partial charge in [0.2, 0.25) is 0 Å². The summed E-state index contributed by atoms with van der Waals surface area (Å²) in [6.07, 6.45) is 3.30. The number of methoxy groups -OCH3 is 2. The highest BCUT2D eigenvalue weighted by atomic mass is 32.2. The smallest absolute Gasteiger partial charge is 0.187 e. The molecule has 0 atom stereocenters. The van der Waals surface area contributed by atoms with Gasteiger partial charge >= 0.3 is 0 Å². The maximum atomic E-state index is 12.1. The fraction of sp³-hybridized carbons (Fsp3) is 0.214. The van der Waals surface area contributed by atoms with E-state index >= 15 is 0 Å². The molecule has 1 heterocycles. The molecule has 0 saturated carbocycles. The van der Waals surface area contributed by atoms with Crippen LogP contribution in [0.4, 0.5) is 0 Å². The molecule has 104 valence electrons. The Balaban J connectivity index is 2.06. The van der Waals surface area contributed by atoms with E-state index in [9.17, 15) is 4.79 Å². The Hall–Kier alpha value is -2.08. The van der Waals surface area contributed by atoms with Crippen LogP contribution in [-0.4, -0.2) is 35.7 Å². The second-order valence-electron chi connectivity index (χ2n) is 3.81. The predicted octanol–water partition coefficient (Wildman–Crippen LogP) is 2.47. The average molecular weight is 290 g/mol. The minimum Gasteiger partial charge on any atom is -0.493 e. The van der Waals surface area contributed by atoms with Gasteiger partial charge in [0.05, 0.1) is 20.0 Å². The minimum atomic E-state index is -0.0107. The topological polar surface area (TPSA) is 61.3 Å². The van der Waals surface area contributed by atoms with Crippen LogP contribution in [0.3, 0.4) is 0 Å². The van der Waals surface area contributed by atoms with Crippen molar-refractivity contribution < 1.29 is 14.3 Å². The summed E-state index contributed by atoms with van der Waals surface area (Å²) in [4.78, 5) is 20.2. The number of carbonyl (C=O) groups excluding carboxylic acids is 1. The van der Waals surface area contributed by atoms with Crippen LogP contribution >= 0.6 is 11.8 Å². The van der Waals surface area contributed by atoms with Gasteiger partial charge in [0.25, 0.3) is 0 Å². The molecule has 0 saturated heterocycles. The van der Waals surface area contributed by atoms with Crippen molar-refractivity contribution in [3.63, 3.8) is 0 Å². The highest BCUT2D eigenvalue weighted by Gasteiger charge is 2.11. The van der Waals surface area contributed by atoms with Crippen LogP contribution in [-0.2, 0) is 0 Å². The summed E-state index contributed by atoms with van der Waals surface area (Å²) in [7, 11) is 3.10. The minimum absolute atomic E-state index is 0.0107. The molecular weight excluding hydrogens is 276 g/mol. The second-order valence-corrected chi connectivity index (χ2v) is 4.76. The highest BCUT2D eigenvalue weighted by Crippen LogP contribution is 2.28. The Kier molecular flexibility index (Phi) is 4.95. The molecule has 6 heteroatoms. The van der Waals surface area contributed by atoms with Crippen LogP contribution in [0.15, 0.2) is 41.8 Å². The maximum Gasteiger partial charge on any atom is 0.187 e. The fourth-order valence-corrected chi connectivity index (χ4v) is 2.28. The van der Waals surface area contributed by atoms with E-state index in [4.69, 9.17) is 9.47 Å². The normalized spacial score (nSPS) is 10.1. The second kappa shape index (κ2) is 6.91. The molecule has 1 aromatic heterocycles. The molecule has 0 aliphatic heterocycles. The van der Waals surface area contributed by atoms with E-state index in [1.54, 1.807) is 50.9 Å². The van der Waals surface area contributed by atoms with Gasteiger partial charge in [0.1, 0.15) is 0 Å². The average Bonchev–Trinajstić information content (AvgIpc) is 2.52. The zero-order valence-electron chi connectivity index (χ0n) is 11.2. The number of thioether (sulfide) groups is 1. The summed E-state index contributed by atoms with van der Waals surface area (Å²) >= 11 is 1.30. The Morgan fingerprint density at radius 3 is 2.50 bits per heavy atom. The maximum absolute atomic E-state index is 12.1. The molecule has 0 radical (unpaired) electrons. The Morgan fingerprint density at radius 2 is 1.85 bits per heavy atom. The molecule has 0 aliphatic carbocycles. The lowest BCUT2D eigenvalue weighted by molar-refractivity contribution is 0.102. The number of benzene rings is 1. The van der Waals surface area contributed by atoms with Crippen molar-refractivity contribution in [1.29, 1.82) is 0 Å². The van der Waals surface area contributed by atoms with Crippen molar-refractivity contribution in [3.8, 4) is 11.5 Å². The molecule has 0 fully saturated rings. The van der Waals surface area contributed by atoms with Gasteiger partial charge in [0.15, 0.2) is 22.4 Å². The molecule has 5 nitrogen and oxygen atoms in total. The lowest BCUT2D eigenvalue weighted by atomic mass is 10.1. The first-order valence-corrected chi connectivity index (χ1v) is 6.88. The number of hydrogen-bond acceptors (Lipinski definition) is 6. The zero-order chi connectivity index (χ0) is 14.4. The summed E-state index contributed by atoms with van der Waals surface area (Å²) in [5, 5.41) is 0.585. The van der Waals surface area contributed by atoms with Crippen LogP contribution in [0, 0.1) is 0 Å². The highest BCUT2D eigenvalue weighted by molar-refractivity contribution is 7.99. The van der Waals surface area contributed by atoms with Gasteiger partial charge in [-0.1, -0.05) is 11.8 Å². The van der Waals surface area contributed by atoms with Gasteiger partial charge < -0.3 is 9.47 Å². The van der Waals surface area contributed by atoms with Crippen LogP contribution in [0.25, 0.3) is 0 Å². The van der Waals surface area contributed by atoms with E-state index in [-0.39, 0.29) is 11.5 Å². The monoisotopic (exact) mass is 290 g/mol. The van der Waals surface area contributed by atoms with Gasteiger partial charge in [-0.05, 0) is 24.3 Å². The Morgan fingerprint density at radius 1 is 1.15 bits per heavy atom. The van der Waals surface area contributed by atoms with E-state index in [1.165, 1.54) is 11.8 Å². The quantitative estimate of drug-likeness (QED) is 0.463. The molecular formula is C14H14N2O3S.